The molecule has 90 valence electrons. The van der Waals surface area contributed by atoms with Crippen molar-refractivity contribution in [2.24, 2.45) is 0 Å². The molecule has 1 aliphatic heterocycles. The van der Waals surface area contributed by atoms with E-state index in [-0.39, 0.29) is 15.6 Å². The van der Waals surface area contributed by atoms with Crippen molar-refractivity contribution in [3.8, 4) is 0 Å². The number of carbonyl (C=O) groups excluding carboxylic acids is 1. The molecule has 8 heteroatoms. The second-order valence-electron chi connectivity index (χ2n) is 3.24. The van der Waals surface area contributed by atoms with Crippen LogP contribution in [0.25, 0.3) is 4.91 Å². The summed E-state index contributed by atoms with van der Waals surface area (Å²) < 4.78 is 24.8. The number of halogens is 2. The smallest absolute Gasteiger partial charge is 0.301 e. The fraction of sp³-hybridized carbons (Fsp3) is 0. The van der Waals surface area contributed by atoms with Gasteiger partial charge in [-0.25, -0.2) is 13.1 Å². The molecule has 2 N–H and O–H groups in total. The van der Waals surface area contributed by atoms with Gasteiger partial charge in [-0.05, 0) is 12.1 Å². The normalized spacial score (nSPS) is 18.4. The maximum absolute atomic E-state index is 11.6. The number of hydrogen-bond acceptors (Lipinski definition) is 4. The molecular weight excluding hydrogens is 289 g/mol. The third kappa shape index (κ3) is 1.99. The lowest BCUT2D eigenvalue weighted by Crippen LogP contribution is -2.23. The fourth-order valence-corrected chi connectivity index (χ4v) is 2.91. The highest BCUT2D eigenvalue weighted by Gasteiger charge is 2.36. The lowest BCUT2D eigenvalue weighted by Gasteiger charge is -2.03. The number of amides is 1. The van der Waals surface area contributed by atoms with Crippen LogP contribution in [0.3, 0.4) is 0 Å². The molecule has 17 heavy (non-hydrogen) atoms. The second kappa shape index (κ2) is 3.90. The minimum atomic E-state index is -4.04. The van der Waals surface area contributed by atoms with Crippen molar-refractivity contribution in [3.05, 3.63) is 39.6 Å². The number of aliphatic hydroxyl groups excluding tert-OH is 1. The van der Waals surface area contributed by atoms with Gasteiger partial charge in [0.1, 0.15) is 4.91 Å². The minimum Gasteiger partial charge on any atom is -0.502 e. The Morgan fingerprint density at radius 3 is 2.29 bits per heavy atom. The van der Waals surface area contributed by atoms with Crippen molar-refractivity contribution >= 4 is 44.0 Å². The Bertz CT molecular complexity index is 651. The van der Waals surface area contributed by atoms with Gasteiger partial charge in [-0.15, -0.1) is 0 Å². The molecule has 0 atom stereocenters. The minimum absolute atomic E-state index is 0.0928. The zero-order valence-corrected chi connectivity index (χ0v) is 10.4. The molecule has 2 rings (SSSR count). The highest BCUT2D eigenvalue weighted by Crippen LogP contribution is 2.32. The van der Waals surface area contributed by atoms with Crippen molar-refractivity contribution in [1.29, 1.82) is 0 Å². The Morgan fingerprint density at radius 2 is 1.82 bits per heavy atom. The fourth-order valence-electron chi connectivity index (χ4n) is 1.38. The van der Waals surface area contributed by atoms with E-state index in [0.29, 0.717) is 0 Å². The van der Waals surface area contributed by atoms with Crippen LogP contribution in [-0.2, 0) is 14.8 Å². The topological polar surface area (TPSA) is 83.5 Å². The predicted molar refractivity (Wildman–Crippen MR) is 63.1 cm³/mol. The first-order valence-corrected chi connectivity index (χ1v) is 6.52. The Balaban J connectivity index is 2.68. The Hall–Kier alpha value is -1.24. The molecule has 0 saturated carbocycles. The number of sulfonamides is 1. The first kappa shape index (κ1) is 12.2. The van der Waals surface area contributed by atoms with Gasteiger partial charge < -0.3 is 5.11 Å². The number of nitrogens with one attached hydrogen (secondary N) is 1. The number of benzene rings is 1. The molecule has 0 fully saturated rings. The van der Waals surface area contributed by atoms with Gasteiger partial charge >= 0.3 is 5.91 Å². The quantitative estimate of drug-likeness (QED) is 0.825. The summed E-state index contributed by atoms with van der Waals surface area (Å²) in [4.78, 5) is 10.6. The van der Waals surface area contributed by atoms with Crippen molar-refractivity contribution in [1.82, 2.24) is 4.72 Å². The van der Waals surface area contributed by atoms with Crippen LogP contribution < -0.4 is 4.72 Å². The van der Waals surface area contributed by atoms with Gasteiger partial charge in [0.25, 0.3) is 10.0 Å². The predicted octanol–water partition coefficient (Wildman–Crippen LogP) is 1.68. The van der Waals surface area contributed by atoms with E-state index in [1.807, 2.05) is 0 Å². The van der Waals surface area contributed by atoms with E-state index in [9.17, 15) is 18.3 Å². The first-order chi connectivity index (χ1) is 7.83. The summed E-state index contributed by atoms with van der Waals surface area (Å²) in [6.07, 6.45) is 0. The molecule has 1 heterocycles. The zero-order chi connectivity index (χ0) is 12.8. The van der Waals surface area contributed by atoms with Gasteiger partial charge in [0.2, 0.25) is 5.76 Å². The average Bonchev–Trinajstić information content (AvgIpc) is 2.41. The summed E-state index contributed by atoms with van der Waals surface area (Å²) in [5.41, 5.74) is 0.0928. The molecule has 0 bridgehead atoms. The zero-order valence-electron chi connectivity index (χ0n) is 8.07. The molecule has 5 nitrogen and oxygen atoms in total. The molecule has 0 radical (unpaired) electrons. The van der Waals surface area contributed by atoms with Crippen LogP contribution in [-0.4, -0.2) is 19.4 Å². The summed E-state index contributed by atoms with van der Waals surface area (Å²) in [5.74, 6) is -1.92. The van der Waals surface area contributed by atoms with E-state index in [0.717, 1.165) is 0 Å². The van der Waals surface area contributed by atoms with Crippen molar-refractivity contribution in [3.63, 3.8) is 0 Å². The second-order valence-corrected chi connectivity index (χ2v) is 5.67. The molecule has 1 aromatic rings. The third-order valence-corrected chi connectivity index (χ3v) is 4.27. The Kier molecular flexibility index (Phi) is 2.81. The van der Waals surface area contributed by atoms with Gasteiger partial charge in [0.15, 0.2) is 0 Å². The van der Waals surface area contributed by atoms with Crippen LogP contribution in [0, 0.1) is 0 Å². The van der Waals surface area contributed by atoms with Gasteiger partial charge in [0.05, 0.1) is 10.0 Å². The summed E-state index contributed by atoms with van der Waals surface area (Å²) in [5, 5.41) is 9.78. The Labute approximate surface area is 107 Å². The maximum atomic E-state index is 11.6. The van der Waals surface area contributed by atoms with Crippen LogP contribution in [0.1, 0.15) is 5.56 Å². The van der Waals surface area contributed by atoms with Crippen LogP contribution in [0.2, 0.25) is 10.0 Å². The average molecular weight is 294 g/mol. The van der Waals surface area contributed by atoms with E-state index in [2.05, 4.69) is 0 Å². The molecule has 0 unspecified atom stereocenters. The van der Waals surface area contributed by atoms with E-state index < -0.39 is 26.6 Å². The molecule has 0 aromatic heterocycles. The van der Waals surface area contributed by atoms with Crippen molar-refractivity contribution in [2.75, 3.05) is 0 Å². The standard InChI is InChI=1S/C9H5Cl2NO4S/c10-5-2-1-4(3-6(5)11)8-7(13)9(14)12-17(8,15)16/h1-3,13H,(H,12,14). The lowest BCUT2D eigenvalue weighted by molar-refractivity contribution is -0.117. The summed E-state index contributed by atoms with van der Waals surface area (Å²) in [6, 6.07) is 3.97. The van der Waals surface area contributed by atoms with Crippen molar-refractivity contribution < 1.29 is 18.3 Å². The molecule has 0 saturated heterocycles. The van der Waals surface area contributed by atoms with E-state index in [1.54, 1.807) is 4.72 Å². The highest BCUT2D eigenvalue weighted by atomic mass is 35.5. The molecule has 1 amide bonds. The largest absolute Gasteiger partial charge is 0.502 e. The van der Waals surface area contributed by atoms with Crippen molar-refractivity contribution in [2.45, 2.75) is 0 Å². The van der Waals surface area contributed by atoms with Crippen LogP contribution in [0.4, 0.5) is 0 Å². The SMILES string of the molecule is O=C1NS(=O)(=O)C(c2ccc(Cl)c(Cl)c2)=C1O. The number of hydrogen-bond donors (Lipinski definition) is 2. The molecule has 0 spiro atoms. The first-order valence-electron chi connectivity index (χ1n) is 4.29. The number of aliphatic hydroxyl groups is 1. The number of rotatable bonds is 1. The Morgan fingerprint density at radius 1 is 1.18 bits per heavy atom. The summed E-state index contributed by atoms with van der Waals surface area (Å²) in [6.45, 7) is 0. The van der Waals surface area contributed by atoms with Gasteiger partial charge in [-0.2, -0.15) is 0 Å². The summed E-state index contributed by atoms with van der Waals surface area (Å²) in [7, 11) is -4.04. The third-order valence-electron chi connectivity index (χ3n) is 2.11. The van der Waals surface area contributed by atoms with Gasteiger partial charge in [-0.3, -0.25) is 4.79 Å². The van der Waals surface area contributed by atoms with E-state index in [1.165, 1.54) is 18.2 Å². The van der Waals surface area contributed by atoms with Crippen LogP contribution in [0.5, 0.6) is 0 Å². The van der Waals surface area contributed by atoms with Crippen LogP contribution in [0.15, 0.2) is 24.0 Å². The number of carbonyl (C=O) groups is 1. The molecule has 0 aliphatic carbocycles. The van der Waals surface area contributed by atoms with Gasteiger partial charge in [-0.1, -0.05) is 29.3 Å². The molecule has 1 aromatic carbocycles. The summed E-state index contributed by atoms with van der Waals surface area (Å²) >= 11 is 11.4. The highest BCUT2D eigenvalue weighted by molar-refractivity contribution is 8.00. The van der Waals surface area contributed by atoms with E-state index in [4.69, 9.17) is 23.2 Å². The lowest BCUT2D eigenvalue weighted by atomic mass is 10.2. The van der Waals surface area contributed by atoms with Crippen LogP contribution >= 0.6 is 23.2 Å². The van der Waals surface area contributed by atoms with E-state index >= 15 is 0 Å². The monoisotopic (exact) mass is 293 g/mol. The maximum Gasteiger partial charge on any atom is 0.301 e. The van der Waals surface area contributed by atoms with Gasteiger partial charge in [0, 0.05) is 5.56 Å². The molecular formula is C9H5Cl2NO4S. The molecule has 1 aliphatic rings.